The summed E-state index contributed by atoms with van der Waals surface area (Å²) < 4.78 is 10.7. The Balaban J connectivity index is 1.53. The van der Waals surface area contributed by atoms with Gasteiger partial charge >= 0.3 is 0 Å². The van der Waals surface area contributed by atoms with Crippen LogP contribution in [-0.4, -0.2) is 36.3 Å². The summed E-state index contributed by atoms with van der Waals surface area (Å²) in [6.45, 7) is 1.37. The Bertz CT molecular complexity index is 914. The topological polar surface area (TPSA) is 88.8 Å². The first-order valence-electron chi connectivity index (χ1n) is 8.63. The lowest BCUT2D eigenvalue weighted by Crippen LogP contribution is -2.33. The molecule has 148 valence electrons. The van der Waals surface area contributed by atoms with Crippen molar-refractivity contribution in [3.8, 4) is 5.75 Å². The molecule has 1 aliphatic heterocycles. The summed E-state index contributed by atoms with van der Waals surface area (Å²) in [5.74, 6) is 0.195. The minimum atomic E-state index is -0.472. The van der Waals surface area contributed by atoms with Crippen LogP contribution in [0.2, 0.25) is 10.0 Å². The number of piperidine rings is 1. The summed E-state index contributed by atoms with van der Waals surface area (Å²) in [4.78, 5) is 37.5. The molecule has 28 heavy (non-hydrogen) atoms. The van der Waals surface area contributed by atoms with E-state index in [4.69, 9.17) is 32.4 Å². The third-order valence-electron chi connectivity index (χ3n) is 4.15. The fourth-order valence-corrected chi connectivity index (χ4v) is 3.30. The van der Waals surface area contributed by atoms with E-state index < -0.39 is 5.91 Å². The molecule has 2 heterocycles. The molecule has 0 unspecified atom stereocenters. The van der Waals surface area contributed by atoms with Crippen molar-refractivity contribution in [3.63, 3.8) is 0 Å². The molecule has 0 aliphatic carbocycles. The van der Waals surface area contributed by atoms with Crippen LogP contribution >= 0.6 is 23.2 Å². The van der Waals surface area contributed by atoms with E-state index in [1.54, 1.807) is 18.2 Å². The van der Waals surface area contributed by atoms with E-state index in [1.807, 2.05) is 4.90 Å². The number of carbonyl (C=O) groups excluding carboxylic acids is 2. The Morgan fingerprint density at radius 3 is 2.43 bits per heavy atom. The third-order valence-corrected chi connectivity index (χ3v) is 4.59. The number of nitrogens with zero attached hydrogens (tertiary/aromatic N) is 1. The zero-order valence-electron chi connectivity index (χ0n) is 14.9. The summed E-state index contributed by atoms with van der Waals surface area (Å²) in [5, 5.41) is 3.36. The third kappa shape index (κ3) is 5.82. The first-order chi connectivity index (χ1) is 13.4. The number of carbonyl (C=O) groups is 2. The Morgan fingerprint density at radius 1 is 1.11 bits per heavy atom. The van der Waals surface area contributed by atoms with Gasteiger partial charge in [0.1, 0.15) is 17.8 Å². The molecular weight excluding hydrogens is 407 g/mol. The molecule has 0 radical (unpaired) electrons. The van der Waals surface area contributed by atoms with Gasteiger partial charge in [0.25, 0.3) is 5.91 Å². The molecule has 1 N–H and O–H groups in total. The van der Waals surface area contributed by atoms with Crippen LogP contribution in [0.3, 0.4) is 0 Å². The number of likely N-dealkylation sites (tertiary alicyclic amines) is 1. The van der Waals surface area contributed by atoms with Crippen LogP contribution in [0.1, 0.15) is 18.6 Å². The zero-order valence-corrected chi connectivity index (χ0v) is 16.4. The molecule has 0 spiro atoms. The number of amides is 1. The lowest BCUT2D eigenvalue weighted by atomic mass is 10.1. The van der Waals surface area contributed by atoms with Gasteiger partial charge in [-0.2, -0.15) is 0 Å². The van der Waals surface area contributed by atoms with Crippen molar-refractivity contribution in [1.29, 1.82) is 0 Å². The predicted octanol–water partition coefficient (Wildman–Crippen LogP) is 3.13. The average molecular weight is 425 g/mol. The summed E-state index contributed by atoms with van der Waals surface area (Å²) in [6, 6.07) is 5.97. The molecule has 7 nitrogen and oxygen atoms in total. The SMILES string of the molecule is O=C1CCN(Cc2cc(=O)c(OCC(=O)Nc3cc(Cl)cc(Cl)c3)co2)CC1. The maximum Gasteiger partial charge on any atom is 0.262 e. The van der Waals surface area contributed by atoms with Gasteiger partial charge in [0.15, 0.2) is 6.61 Å². The Labute approximate surface area is 171 Å². The highest BCUT2D eigenvalue weighted by molar-refractivity contribution is 6.35. The highest BCUT2D eigenvalue weighted by atomic mass is 35.5. The van der Waals surface area contributed by atoms with E-state index in [9.17, 15) is 14.4 Å². The van der Waals surface area contributed by atoms with Crippen LogP contribution < -0.4 is 15.5 Å². The van der Waals surface area contributed by atoms with Crippen molar-refractivity contribution in [1.82, 2.24) is 4.90 Å². The van der Waals surface area contributed by atoms with Gasteiger partial charge in [-0.1, -0.05) is 23.2 Å². The molecule has 1 amide bonds. The minimum Gasteiger partial charge on any atom is -0.477 e. The largest absolute Gasteiger partial charge is 0.477 e. The Morgan fingerprint density at radius 2 is 1.79 bits per heavy atom. The van der Waals surface area contributed by atoms with Crippen LogP contribution in [0.5, 0.6) is 5.75 Å². The number of anilines is 1. The van der Waals surface area contributed by atoms with Crippen LogP contribution in [0.4, 0.5) is 5.69 Å². The van der Waals surface area contributed by atoms with Crippen molar-refractivity contribution in [2.24, 2.45) is 0 Å². The first-order valence-corrected chi connectivity index (χ1v) is 9.39. The van der Waals surface area contributed by atoms with E-state index in [1.165, 1.54) is 12.3 Å². The quantitative estimate of drug-likeness (QED) is 0.765. The van der Waals surface area contributed by atoms with E-state index in [0.29, 0.717) is 54.0 Å². The monoisotopic (exact) mass is 424 g/mol. The highest BCUT2D eigenvalue weighted by Crippen LogP contribution is 2.22. The standard InChI is InChI=1S/C19H18Cl2N2O5/c20-12-5-13(21)7-14(6-12)22-19(26)11-28-18-10-27-16(8-17(18)25)9-23-3-1-15(24)2-4-23/h5-8,10H,1-4,9,11H2,(H,22,26). The molecule has 0 saturated carbocycles. The van der Waals surface area contributed by atoms with Gasteiger partial charge in [0.2, 0.25) is 11.2 Å². The number of nitrogens with one attached hydrogen (secondary N) is 1. The number of benzene rings is 1. The van der Waals surface area contributed by atoms with Gasteiger partial charge in [0.05, 0.1) is 6.54 Å². The maximum absolute atomic E-state index is 12.2. The van der Waals surface area contributed by atoms with Crippen LogP contribution in [0.25, 0.3) is 0 Å². The Kier molecular flexibility index (Phi) is 6.72. The molecular formula is C19H18Cl2N2O5. The van der Waals surface area contributed by atoms with Crippen molar-refractivity contribution in [2.45, 2.75) is 19.4 Å². The first kappa shape index (κ1) is 20.4. The second-order valence-corrected chi connectivity index (χ2v) is 7.26. The normalized spacial score (nSPS) is 14.7. The molecule has 1 aliphatic rings. The summed E-state index contributed by atoms with van der Waals surface area (Å²) in [5.41, 5.74) is 0.0430. The number of ether oxygens (including phenoxy) is 1. The van der Waals surface area contributed by atoms with Gasteiger partial charge in [0, 0.05) is 47.7 Å². The number of hydrogen-bond acceptors (Lipinski definition) is 6. The van der Waals surface area contributed by atoms with Gasteiger partial charge in [-0.25, -0.2) is 0 Å². The molecule has 9 heteroatoms. The fraction of sp³-hybridized carbons (Fsp3) is 0.316. The lowest BCUT2D eigenvalue weighted by molar-refractivity contribution is -0.121. The number of Topliss-reactive ketones (excluding diaryl/α,β-unsaturated/α-hetero) is 1. The van der Waals surface area contributed by atoms with Gasteiger partial charge in [-0.05, 0) is 18.2 Å². The molecule has 3 rings (SSSR count). The molecule has 1 aromatic heterocycles. The lowest BCUT2D eigenvalue weighted by Gasteiger charge is -2.24. The molecule has 1 aromatic carbocycles. The second kappa shape index (κ2) is 9.23. The number of ketones is 1. The molecule has 2 aromatic rings. The number of halogens is 2. The molecule has 0 bridgehead atoms. The smallest absolute Gasteiger partial charge is 0.262 e. The van der Waals surface area contributed by atoms with Gasteiger partial charge in [-0.3, -0.25) is 19.3 Å². The van der Waals surface area contributed by atoms with E-state index in [0.717, 1.165) is 0 Å². The molecule has 1 fully saturated rings. The number of hydrogen-bond donors (Lipinski definition) is 1. The highest BCUT2D eigenvalue weighted by Gasteiger charge is 2.17. The summed E-state index contributed by atoms with van der Waals surface area (Å²) in [6.07, 6.45) is 2.22. The van der Waals surface area contributed by atoms with Crippen LogP contribution in [0.15, 0.2) is 39.7 Å². The van der Waals surface area contributed by atoms with Gasteiger partial charge < -0.3 is 14.5 Å². The second-order valence-electron chi connectivity index (χ2n) is 6.38. The van der Waals surface area contributed by atoms with Crippen LogP contribution in [-0.2, 0) is 16.1 Å². The molecule has 1 saturated heterocycles. The van der Waals surface area contributed by atoms with Crippen LogP contribution in [0, 0.1) is 0 Å². The number of rotatable bonds is 6. The van der Waals surface area contributed by atoms with E-state index in [-0.39, 0.29) is 23.6 Å². The Hall–Kier alpha value is -2.35. The van der Waals surface area contributed by atoms with Crippen molar-refractivity contribution >= 4 is 40.6 Å². The van der Waals surface area contributed by atoms with Crippen molar-refractivity contribution in [2.75, 3.05) is 25.0 Å². The summed E-state index contributed by atoms with van der Waals surface area (Å²) in [7, 11) is 0. The molecule has 0 atom stereocenters. The van der Waals surface area contributed by atoms with E-state index in [2.05, 4.69) is 5.32 Å². The summed E-state index contributed by atoms with van der Waals surface area (Å²) >= 11 is 11.8. The minimum absolute atomic E-state index is 0.0585. The van der Waals surface area contributed by atoms with E-state index >= 15 is 0 Å². The fourth-order valence-electron chi connectivity index (χ4n) is 2.77. The maximum atomic E-state index is 12.2. The van der Waals surface area contributed by atoms with Gasteiger partial charge in [-0.15, -0.1) is 0 Å². The zero-order chi connectivity index (χ0) is 20.1. The van der Waals surface area contributed by atoms with Crippen molar-refractivity contribution < 1.29 is 18.7 Å². The predicted molar refractivity (Wildman–Crippen MR) is 105 cm³/mol. The average Bonchev–Trinajstić information content (AvgIpc) is 2.62. The van der Waals surface area contributed by atoms with Crippen molar-refractivity contribution in [3.05, 3.63) is 56.6 Å².